The number of halogens is 3. The van der Waals surface area contributed by atoms with Gasteiger partial charge in [-0.2, -0.15) is 0 Å². The van der Waals surface area contributed by atoms with E-state index in [1.54, 1.807) is 56.4 Å². The van der Waals surface area contributed by atoms with Gasteiger partial charge < -0.3 is 9.30 Å². The van der Waals surface area contributed by atoms with Gasteiger partial charge in [-0.3, -0.25) is 5.32 Å². The van der Waals surface area contributed by atoms with Crippen LogP contribution in [0.15, 0.2) is 59.2 Å². The number of amides is 1. The van der Waals surface area contributed by atoms with Crippen LogP contribution in [0, 0.1) is 11.6 Å². The second kappa shape index (κ2) is 7.92. The monoisotopic (exact) mass is 434 g/mol. The van der Waals surface area contributed by atoms with Gasteiger partial charge in [-0.05, 0) is 30.7 Å². The van der Waals surface area contributed by atoms with Crippen LogP contribution in [0.3, 0.4) is 0 Å². The fraction of sp³-hybridized carbons (Fsp3) is 0.150. The summed E-state index contributed by atoms with van der Waals surface area (Å²) in [5.74, 6) is -0.684. The number of carbonyl (C=O) groups excluding carboxylic acids is 1. The molecule has 0 aliphatic carbocycles. The molecule has 2 aromatic carbocycles. The van der Waals surface area contributed by atoms with Crippen LogP contribution in [0.1, 0.15) is 18.6 Å². The van der Waals surface area contributed by atoms with Crippen LogP contribution in [0.2, 0.25) is 0 Å². The molecule has 3 aromatic rings. The summed E-state index contributed by atoms with van der Waals surface area (Å²) < 4.78 is 35.8. The molecule has 0 fully saturated rings. The number of carbonyl (C=O) groups is 1. The van der Waals surface area contributed by atoms with E-state index < -0.39 is 23.8 Å². The Bertz CT molecular complexity index is 971. The zero-order valence-corrected chi connectivity index (χ0v) is 16.3. The van der Waals surface area contributed by atoms with Crippen molar-refractivity contribution in [1.82, 2.24) is 4.57 Å². The third-order valence-corrected chi connectivity index (χ3v) is 4.64. The maximum absolute atomic E-state index is 14.4. The standard InChI is InChI=1S/C20H17BrF2N2O2/c1-12(15-5-3-4-6-16(15)22)27-20(26)24-19-18(17(23)11-25(19)2)13-7-9-14(21)10-8-13/h3-12H,1-2H3,(H,24,26)/t12-/m1/s1. The van der Waals surface area contributed by atoms with Crippen molar-refractivity contribution in [3.8, 4) is 11.1 Å². The van der Waals surface area contributed by atoms with Crippen LogP contribution in [0.5, 0.6) is 0 Å². The Labute approximate surface area is 163 Å². The van der Waals surface area contributed by atoms with E-state index in [1.165, 1.54) is 16.8 Å². The summed E-state index contributed by atoms with van der Waals surface area (Å²) in [6.07, 6.45) is -0.328. The fourth-order valence-electron chi connectivity index (χ4n) is 2.79. The first-order valence-electron chi connectivity index (χ1n) is 8.19. The predicted octanol–water partition coefficient (Wildman–Crippen LogP) is 6.04. The highest BCUT2D eigenvalue weighted by atomic mass is 79.9. The quantitative estimate of drug-likeness (QED) is 0.543. The molecule has 0 saturated heterocycles. The maximum Gasteiger partial charge on any atom is 0.413 e. The van der Waals surface area contributed by atoms with Crippen molar-refractivity contribution in [2.24, 2.45) is 7.05 Å². The summed E-state index contributed by atoms with van der Waals surface area (Å²) in [6, 6.07) is 13.1. The predicted molar refractivity (Wildman–Crippen MR) is 103 cm³/mol. The molecule has 7 heteroatoms. The SMILES string of the molecule is C[C@@H](OC(=O)Nc1c(-c2ccc(Br)cc2)c(F)cn1C)c1ccccc1F. The molecule has 0 saturated carbocycles. The van der Waals surface area contributed by atoms with Crippen molar-refractivity contribution in [2.75, 3.05) is 5.32 Å². The highest BCUT2D eigenvalue weighted by molar-refractivity contribution is 9.10. The van der Waals surface area contributed by atoms with Crippen molar-refractivity contribution in [3.05, 3.63) is 76.4 Å². The van der Waals surface area contributed by atoms with Crippen LogP contribution >= 0.6 is 15.9 Å². The Morgan fingerprint density at radius 2 is 1.78 bits per heavy atom. The highest BCUT2D eigenvalue weighted by Gasteiger charge is 2.21. The van der Waals surface area contributed by atoms with Crippen LogP contribution in [0.4, 0.5) is 19.4 Å². The first kappa shape index (κ1) is 19.1. The average Bonchev–Trinajstić information content (AvgIpc) is 2.89. The molecular formula is C20H17BrF2N2O2. The lowest BCUT2D eigenvalue weighted by atomic mass is 10.1. The number of nitrogens with zero attached hydrogens (tertiary/aromatic N) is 1. The molecule has 1 aromatic heterocycles. The summed E-state index contributed by atoms with van der Waals surface area (Å²) in [4.78, 5) is 12.3. The number of anilines is 1. The van der Waals surface area contributed by atoms with Crippen LogP contribution in [-0.2, 0) is 11.8 Å². The van der Waals surface area contributed by atoms with Gasteiger partial charge >= 0.3 is 6.09 Å². The van der Waals surface area contributed by atoms with Crippen LogP contribution in [0.25, 0.3) is 11.1 Å². The van der Waals surface area contributed by atoms with E-state index in [4.69, 9.17) is 4.74 Å². The van der Waals surface area contributed by atoms with Gasteiger partial charge in [0, 0.05) is 23.3 Å². The van der Waals surface area contributed by atoms with Crippen molar-refractivity contribution in [1.29, 1.82) is 0 Å². The number of hydrogen-bond acceptors (Lipinski definition) is 2. The van der Waals surface area contributed by atoms with E-state index in [2.05, 4.69) is 21.2 Å². The summed E-state index contributed by atoms with van der Waals surface area (Å²) in [5, 5.41) is 2.56. The molecule has 1 heterocycles. The third kappa shape index (κ3) is 4.19. The Balaban J connectivity index is 1.82. The number of aryl methyl sites for hydroxylation is 1. The van der Waals surface area contributed by atoms with E-state index in [0.717, 1.165) is 4.47 Å². The Hall–Kier alpha value is -2.67. The van der Waals surface area contributed by atoms with Gasteiger partial charge in [0.15, 0.2) is 5.82 Å². The van der Waals surface area contributed by atoms with Crippen LogP contribution < -0.4 is 5.32 Å². The Morgan fingerprint density at radius 1 is 1.11 bits per heavy atom. The fourth-order valence-corrected chi connectivity index (χ4v) is 3.05. The number of aromatic nitrogens is 1. The normalized spacial score (nSPS) is 11.9. The first-order chi connectivity index (χ1) is 12.9. The zero-order chi connectivity index (χ0) is 19.6. The Morgan fingerprint density at radius 3 is 2.44 bits per heavy atom. The third-order valence-electron chi connectivity index (χ3n) is 4.12. The molecule has 3 rings (SSSR count). The molecule has 0 unspecified atom stereocenters. The van der Waals surface area contributed by atoms with Crippen molar-refractivity contribution >= 4 is 27.8 Å². The zero-order valence-electron chi connectivity index (χ0n) is 14.7. The first-order valence-corrected chi connectivity index (χ1v) is 8.99. The minimum atomic E-state index is -0.801. The van der Waals surface area contributed by atoms with Gasteiger partial charge in [0.25, 0.3) is 0 Å². The summed E-state index contributed by atoms with van der Waals surface area (Å²) in [6.45, 7) is 1.57. The number of ether oxygens (including phenoxy) is 1. The maximum atomic E-state index is 14.4. The molecule has 0 spiro atoms. The number of hydrogen-bond donors (Lipinski definition) is 1. The molecule has 1 N–H and O–H groups in total. The summed E-state index contributed by atoms with van der Waals surface area (Å²) >= 11 is 3.34. The van der Waals surface area contributed by atoms with E-state index >= 15 is 0 Å². The lowest BCUT2D eigenvalue weighted by Gasteiger charge is -2.16. The average molecular weight is 435 g/mol. The Kier molecular flexibility index (Phi) is 5.60. The molecule has 0 aliphatic heterocycles. The molecule has 0 radical (unpaired) electrons. The van der Waals surface area contributed by atoms with Crippen molar-refractivity contribution in [3.63, 3.8) is 0 Å². The lowest BCUT2D eigenvalue weighted by Crippen LogP contribution is -2.18. The van der Waals surface area contributed by atoms with E-state index in [1.807, 2.05) is 0 Å². The van der Waals surface area contributed by atoms with Crippen LogP contribution in [-0.4, -0.2) is 10.7 Å². The summed E-state index contributed by atoms with van der Waals surface area (Å²) in [5.41, 5.74) is 1.12. The van der Waals surface area contributed by atoms with Gasteiger partial charge in [-0.1, -0.05) is 46.3 Å². The van der Waals surface area contributed by atoms with E-state index in [-0.39, 0.29) is 16.9 Å². The van der Waals surface area contributed by atoms with Gasteiger partial charge in [-0.15, -0.1) is 0 Å². The lowest BCUT2D eigenvalue weighted by molar-refractivity contribution is 0.119. The minimum Gasteiger partial charge on any atom is -0.441 e. The molecule has 4 nitrogen and oxygen atoms in total. The second-order valence-electron chi connectivity index (χ2n) is 6.01. The molecule has 140 valence electrons. The number of rotatable bonds is 4. The van der Waals surface area contributed by atoms with Gasteiger partial charge in [0.1, 0.15) is 17.7 Å². The number of benzene rings is 2. The largest absolute Gasteiger partial charge is 0.441 e. The van der Waals surface area contributed by atoms with Gasteiger partial charge in [-0.25, -0.2) is 13.6 Å². The highest BCUT2D eigenvalue weighted by Crippen LogP contribution is 2.33. The molecule has 27 heavy (non-hydrogen) atoms. The summed E-state index contributed by atoms with van der Waals surface area (Å²) in [7, 11) is 1.61. The number of nitrogens with one attached hydrogen (secondary N) is 1. The van der Waals surface area contributed by atoms with Crippen molar-refractivity contribution < 1.29 is 18.3 Å². The molecule has 1 atom stereocenters. The smallest absolute Gasteiger partial charge is 0.413 e. The molecule has 0 bridgehead atoms. The van der Waals surface area contributed by atoms with Gasteiger partial charge in [0.2, 0.25) is 0 Å². The van der Waals surface area contributed by atoms with Gasteiger partial charge in [0.05, 0.1) is 5.56 Å². The molecule has 1 amide bonds. The molecule has 0 aliphatic rings. The topological polar surface area (TPSA) is 43.3 Å². The van der Waals surface area contributed by atoms with E-state index in [0.29, 0.717) is 5.56 Å². The molecular weight excluding hydrogens is 418 g/mol. The van der Waals surface area contributed by atoms with Crippen molar-refractivity contribution in [2.45, 2.75) is 13.0 Å². The second-order valence-corrected chi connectivity index (χ2v) is 6.93. The minimum absolute atomic E-state index is 0.250. The van der Waals surface area contributed by atoms with E-state index in [9.17, 15) is 13.6 Å².